The molecule has 0 N–H and O–H groups in total. The molecule has 0 aliphatic carbocycles. The van der Waals surface area contributed by atoms with E-state index < -0.39 is 10.0 Å². The molecule has 0 spiro atoms. The minimum atomic E-state index is -3.65. The highest BCUT2D eigenvalue weighted by atomic mass is 32.2. The van der Waals surface area contributed by atoms with Crippen LogP contribution in [0.3, 0.4) is 0 Å². The molecule has 3 aromatic rings. The first-order valence-electron chi connectivity index (χ1n) is 7.80. The van der Waals surface area contributed by atoms with Gasteiger partial charge in [0.2, 0.25) is 0 Å². The predicted octanol–water partition coefficient (Wildman–Crippen LogP) is 3.62. The molecule has 1 heterocycles. The van der Waals surface area contributed by atoms with Gasteiger partial charge in [-0.25, -0.2) is 8.42 Å². The lowest BCUT2D eigenvalue weighted by molar-refractivity contribution is 0.414. The quantitative estimate of drug-likeness (QED) is 0.702. The lowest BCUT2D eigenvalue weighted by Crippen LogP contribution is -2.26. The molecule has 3 rings (SSSR count). The van der Waals surface area contributed by atoms with Crippen molar-refractivity contribution in [3.8, 4) is 11.4 Å². The van der Waals surface area contributed by atoms with Crippen LogP contribution in [-0.4, -0.2) is 27.1 Å². The molecule has 0 saturated heterocycles. The second kappa shape index (κ2) is 6.64. The van der Waals surface area contributed by atoms with Crippen LogP contribution in [0.15, 0.2) is 71.9 Å². The summed E-state index contributed by atoms with van der Waals surface area (Å²) in [5, 5.41) is 0. The van der Waals surface area contributed by atoms with E-state index in [1.807, 2.05) is 54.2 Å². The van der Waals surface area contributed by atoms with Gasteiger partial charge in [-0.2, -0.15) is 0 Å². The summed E-state index contributed by atoms with van der Waals surface area (Å²) >= 11 is 0. The third-order valence-electron chi connectivity index (χ3n) is 4.16. The monoisotopic (exact) mass is 356 g/mol. The van der Waals surface area contributed by atoms with Crippen LogP contribution in [-0.2, 0) is 10.0 Å². The molecular formula is C19H20N2O3S. The summed E-state index contributed by atoms with van der Waals surface area (Å²) in [5.74, 6) is 0.617. The Kier molecular flexibility index (Phi) is 4.55. The van der Waals surface area contributed by atoms with Crippen molar-refractivity contribution in [3.63, 3.8) is 0 Å². The van der Waals surface area contributed by atoms with Crippen molar-refractivity contribution in [1.29, 1.82) is 0 Å². The average Bonchev–Trinajstić information content (AvgIpc) is 3.16. The summed E-state index contributed by atoms with van der Waals surface area (Å²) < 4.78 is 34.1. The minimum absolute atomic E-state index is 0.221. The van der Waals surface area contributed by atoms with Gasteiger partial charge >= 0.3 is 0 Å². The van der Waals surface area contributed by atoms with Gasteiger partial charge in [0.25, 0.3) is 10.0 Å². The number of benzene rings is 2. The molecule has 5 nitrogen and oxygen atoms in total. The van der Waals surface area contributed by atoms with Gasteiger partial charge in [-0.1, -0.05) is 6.07 Å². The van der Waals surface area contributed by atoms with E-state index >= 15 is 0 Å². The van der Waals surface area contributed by atoms with Crippen LogP contribution in [0, 0.1) is 6.92 Å². The van der Waals surface area contributed by atoms with Crippen LogP contribution in [0.5, 0.6) is 5.75 Å². The number of ether oxygens (including phenoxy) is 1. The zero-order valence-electron chi connectivity index (χ0n) is 14.4. The fourth-order valence-electron chi connectivity index (χ4n) is 2.61. The average molecular weight is 356 g/mol. The Hall–Kier alpha value is -2.73. The van der Waals surface area contributed by atoms with Gasteiger partial charge in [0, 0.05) is 25.1 Å². The van der Waals surface area contributed by atoms with Crippen LogP contribution < -0.4 is 9.04 Å². The number of nitrogens with zero attached hydrogens (tertiary/aromatic N) is 2. The largest absolute Gasteiger partial charge is 0.497 e. The molecule has 0 aliphatic heterocycles. The summed E-state index contributed by atoms with van der Waals surface area (Å²) in [6.07, 6.45) is 3.87. The van der Waals surface area contributed by atoms with Crippen LogP contribution in [0.25, 0.3) is 5.69 Å². The van der Waals surface area contributed by atoms with E-state index in [-0.39, 0.29) is 4.90 Å². The molecule has 0 aliphatic rings. The van der Waals surface area contributed by atoms with E-state index in [0.29, 0.717) is 11.4 Å². The normalized spacial score (nSPS) is 11.3. The molecule has 2 aromatic carbocycles. The molecule has 0 unspecified atom stereocenters. The number of hydrogen-bond acceptors (Lipinski definition) is 3. The Morgan fingerprint density at radius 2 is 1.64 bits per heavy atom. The number of aryl methyl sites for hydroxylation is 1. The molecule has 0 radical (unpaired) electrons. The standard InChI is InChI=1S/C19H20N2O3S/c1-15-6-7-16(14-19(15)21-12-4-5-13-21)20(2)25(22,23)18-10-8-17(24-3)9-11-18/h4-14H,1-3H3. The fourth-order valence-corrected chi connectivity index (χ4v) is 3.80. The van der Waals surface area contributed by atoms with Gasteiger partial charge in [0.15, 0.2) is 0 Å². The van der Waals surface area contributed by atoms with E-state index in [4.69, 9.17) is 4.74 Å². The number of sulfonamides is 1. The van der Waals surface area contributed by atoms with Gasteiger partial charge < -0.3 is 9.30 Å². The smallest absolute Gasteiger partial charge is 0.264 e. The first-order valence-corrected chi connectivity index (χ1v) is 9.24. The second-order valence-electron chi connectivity index (χ2n) is 5.71. The number of methoxy groups -OCH3 is 1. The molecule has 0 atom stereocenters. The first kappa shape index (κ1) is 17.1. The SMILES string of the molecule is COc1ccc(S(=O)(=O)N(C)c2ccc(C)c(-n3cccc3)c2)cc1. The Balaban J connectivity index is 1.99. The number of aromatic nitrogens is 1. The highest BCUT2D eigenvalue weighted by Crippen LogP contribution is 2.27. The van der Waals surface area contributed by atoms with Crippen molar-refractivity contribution in [2.24, 2.45) is 0 Å². The van der Waals surface area contributed by atoms with E-state index in [9.17, 15) is 8.42 Å². The maximum absolute atomic E-state index is 12.9. The van der Waals surface area contributed by atoms with Crippen LogP contribution in [0.2, 0.25) is 0 Å². The Morgan fingerprint density at radius 1 is 1.00 bits per heavy atom. The highest BCUT2D eigenvalue weighted by molar-refractivity contribution is 7.92. The Morgan fingerprint density at radius 3 is 2.24 bits per heavy atom. The van der Waals surface area contributed by atoms with Crippen molar-refractivity contribution in [1.82, 2.24) is 4.57 Å². The molecule has 0 fully saturated rings. The highest BCUT2D eigenvalue weighted by Gasteiger charge is 2.22. The van der Waals surface area contributed by atoms with Crippen LogP contribution in [0.1, 0.15) is 5.56 Å². The maximum atomic E-state index is 12.9. The second-order valence-corrected chi connectivity index (χ2v) is 7.68. The van der Waals surface area contributed by atoms with E-state index in [0.717, 1.165) is 11.3 Å². The lowest BCUT2D eigenvalue weighted by atomic mass is 10.2. The summed E-state index contributed by atoms with van der Waals surface area (Å²) in [6.45, 7) is 2.00. The number of rotatable bonds is 5. The van der Waals surface area contributed by atoms with Crippen molar-refractivity contribution in [2.75, 3.05) is 18.5 Å². The third-order valence-corrected chi connectivity index (χ3v) is 5.96. The van der Waals surface area contributed by atoms with Gasteiger partial charge in [-0.15, -0.1) is 0 Å². The fraction of sp³-hybridized carbons (Fsp3) is 0.158. The zero-order valence-corrected chi connectivity index (χ0v) is 15.2. The van der Waals surface area contributed by atoms with Crippen molar-refractivity contribution in [2.45, 2.75) is 11.8 Å². The summed E-state index contributed by atoms with van der Waals surface area (Å²) in [6, 6.07) is 15.8. The molecular weight excluding hydrogens is 336 g/mol. The minimum Gasteiger partial charge on any atom is -0.497 e. The predicted molar refractivity (Wildman–Crippen MR) is 99.1 cm³/mol. The van der Waals surface area contributed by atoms with Gasteiger partial charge in [0.05, 0.1) is 17.7 Å². The molecule has 0 saturated carbocycles. The van der Waals surface area contributed by atoms with Gasteiger partial charge in [-0.3, -0.25) is 4.31 Å². The van der Waals surface area contributed by atoms with E-state index in [2.05, 4.69) is 0 Å². The first-order chi connectivity index (χ1) is 11.9. The number of anilines is 1. The van der Waals surface area contributed by atoms with Crippen LogP contribution >= 0.6 is 0 Å². The van der Waals surface area contributed by atoms with Crippen molar-refractivity contribution >= 4 is 15.7 Å². The molecule has 0 amide bonds. The third kappa shape index (κ3) is 3.25. The van der Waals surface area contributed by atoms with Gasteiger partial charge in [-0.05, 0) is 61.0 Å². The van der Waals surface area contributed by atoms with E-state index in [1.54, 1.807) is 38.4 Å². The Labute approximate surface area is 148 Å². The zero-order chi connectivity index (χ0) is 18.0. The molecule has 1 aromatic heterocycles. The lowest BCUT2D eigenvalue weighted by Gasteiger charge is -2.21. The van der Waals surface area contributed by atoms with Crippen LogP contribution in [0.4, 0.5) is 5.69 Å². The summed E-state index contributed by atoms with van der Waals surface area (Å²) in [5.41, 5.74) is 2.61. The molecule has 130 valence electrons. The van der Waals surface area contributed by atoms with Crippen molar-refractivity contribution in [3.05, 3.63) is 72.6 Å². The molecule has 25 heavy (non-hydrogen) atoms. The Bertz CT molecular complexity index is 962. The van der Waals surface area contributed by atoms with E-state index in [1.165, 1.54) is 4.31 Å². The maximum Gasteiger partial charge on any atom is 0.264 e. The molecule has 6 heteroatoms. The summed E-state index contributed by atoms with van der Waals surface area (Å²) in [4.78, 5) is 0.221. The molecule has 0 bridgehead atoms. The topological polar surface area (TPSA) is 51.5 Å². The number of hydrogen-bond donors (Lipinski definition) is 0. The van der Waals surface area contributed by atoms with Gasteiger partial charge in [0.1, 0.15) is 5.75 Å². The van der Waals surface area contributed by atoms with Crippen molar-refractivity contribution < 1.29 is 13.2 Å². The summed E-state index contributed by atoms with van der Waals surface area (Å²) in [7, 11) is -0.541.